The van der Waals surface area contributed by atoms with Crippen molar-refractivity contribution in [2.24, 2.45) is 0 Å². The van der Waals surface area contributed by atoms with Gasteiger partial charge in [-0.15, -0.1) is 0 Å². The van der Waals surface area contributed by atoms with Gasteiger partial charge in [0.15, 0.2) is 6.29 Å². The number of nitrogens with one attached hydrogen (secondary N) is 1. The molecule has 0 atom stereocenters. The summed E-state index contributed by atoms with van der Waals surface area (Å²) < 4.78 is 16.3. The molecule has 1 heterocycles. The molecule has 0 bridgehead atoms. The zero-order valence-corrected chi connectivity index (χ0v) is 12.6. The molecule has 1 amide bonds. The maximum absolute atomic E-state index is 11.7. The van der Waals surface area contributed by atoms with Crippen molar-refractivity contribution in [3.05, 3.63) is 53.9 Å². The van der Waals surface area contributed by atoms with E-state index in [2.05, 4.69) is 10.3 Å². The second-order valence-corrected chi connectivity index (χ2v) is 6.00. The first-order chi connectivity index (χ1) is 10.9. The summed E-state index contributed by atoms with van der Waals surface area (Å²) in [5.74, 6) is 0. The molecule has 9 heteroatoms. The number of hydrogen-bond donors (Lipinski definition) is 3. The zero-order valence-electron chi connectivity index (χ0n) is 11.7. The molecule has 0 fully saturated rings. The lowest BCUT2D eigenvalue weighted by molar-refractivity contribution is 0.112. The van der Waals surface area contributed by atoms with Gasteiger partial charge in [-0.05, 0) is 18.2 Å². The summed E-state index contributed by atoms with van der Waals surface area (Å²) in [5.41, 5.74) is 0.411. The topological polar surface area (TPSA) is 126 Å². The monoisotopic (exact) mass is 336 g/mol. The normalized spacial score (nSPS) is 10.9. The van der Waals surface area contributed by atoms with Crippen molar-refractivity contribution < 1.29 is 28.7 Å². The summed E-state index contributed by atoms with van der Waals surface area (Å²) in [6.45, 7) is -0.330. The molecule has 2 aromatic rings. The van der Waals surface area contributed by atoms with Crippen molar-refractivity contribution in [1.82, 2.24) is 4.98 Å². The van der Waals surface area contributed by atoms with E-state index in [1.807, 2.05) is 0 Å². The highest BCUT2D eigenvalue weighted by Crippen LogP contribution is 2.34. The van der Waals surface area contributed by atoms with Gasteiger partial charge in [-0.25, -0.2) is 4.79 Å². The number of carbonyl (C=O) groups is 2. The van der Waals surface area contributed by atoms with Gasteiger partial charge in [-0.1, -0.05) is 18.2 Å². The summed E-state index contributed by atoms with van der Waals surface area (Å²) in [6, 6.07) is 8.77. The van der Waals surface area contributed by atoms with Crippen LogP contribution in [0.15, 0.2) is 42.6 Å². The SMILES string of the molecule is O=Cc1ncccc1NC(=O)OCc1ccccc1P(=O)(O)O. The Morgan fingerprint density at radius 3 is 2.70 bits per heavy atom. The lowest BCUT2D eigenvalue weighted by Gasteiger charge is -2.12. The van der Waals surface area contributed by atoms with Crippen LogP contribution in [0.3, 0.4) is 0 Å². The van der Waals surface area contributed by atoms with E-state index in [-0.39, 0.29) is 28.9 Å². The number of anilines is 1. The Bertz CT molecular complexity index is 773. The molecule has 0 aliphatic rings. The Morgan fingerprint density at radius 1 is 1.26 bits per heavy atom. The molecule has 120 valence electrons. The molecule has 3 N–H and O–H groups in total. The van der Waals surface area contributed by atoms with E-state index in [4.69, 9.17) is 4.74 Å². The lowest BCUT2D eigenvalue weighted by atomic mass is 10.2. The first-order valence-electron chi connectivity index (χ1n) is 6.40. The molecule has 0 saturated carbocycles. The molecule has 23 heavy (non-hydrogen) atoms. The van der Waals surface area contributed by atoms with Gasteiger partial charge in [-0.3, -0.25) is 19.7 Å². The molecule has 1 aromatic carbocycles. The first-order valence-corrected chi connectivity index (χ1v) is 8.01. The maximum Gasteiger partial charge on any atom is 0.412 e. The minimum absolute atomic E-state index is 0.0417. The third-order valence-corrected chi connectivity index (χ3v) is 3.92. The van der Waals surface area contributed by atoms with E-state index in [0.717, 1.165) is 0 Å². The van der Waals surface area contributed by atoms with Crippen LogP contribution in [0.1, 0.15) is 16.1 Å². The lowest BCUT2D eigenvalue weighted by Crippen LogP contribution is -2.18. The predicted molar refractivity (Wildman–Crippen MR) is 81.6 cm³/mol. The largest absolute Gasteiger partial charge is 0.444 e. The number of pyridine rings is 1. The summed E-state index contributed by atoms with van der Waals surface area (Å²) in [4.78, 5) is 44.8. The number of hydrogen-bond acceptors (Lipinski definition) is 5. The minimum atomic E-state index is -4.46. The summed E-state index contributed by atoms with van der Waals surface area (Å²) in [7, 11) is -4.46. The Labute approximate surface area is 131 Å². The van der Waals surface area contributed by atoms with Gasteiger partial charge < -0.3 is 14.5 Å². The fourth-order valence-electron chi connectivity index (χ4n) is 1.82. The zero-order chi connectivity index (χ0) is 16.9. The number of aromatic nitrogens is 1. The van der Waals surface area contributed by atoms with Gasteiger partial charge in [0, 0.05) is 11.8 Å². The second kappa shape index (κ2) is 7.15. The number of amides is 1. The Morgan fingerprint density at radius 2 is 2.00 bits per heavy atom. The van der Waals surface area contributed by atoms with Gasteiger partial charge in [0.25, 0.3) is 0 Å². The maximum atomic E-state index is 11.7. The predicted octanol–water partition coefficient (Wildman–Crippen LogP) is 1.45. The number of carbonyl (C=O) groups excluding carboxylic acids is 2. The van der Waals surface area contributed by atoms with Gasteiger partial charge >= 0.3 is 13.7 Å². The number of aldehydes is 1. The minimum Gasteiger partial charge on any atom is -0.444 e. The fraction of sp³-hybridized carbons (Fsp3) is 0.0714. The van der Waals surface area contributed by atoms with Crippen LogP contribution in [0.25, 0.3) is 0 Å². The van der Waals surface area contributed by atoms with Crippen molar-refractivity contribution in [3.63, 3.8) is 0 Å². The van der Waals surface area contributed by atoms with Crippen LogP contribution in [0.2, 0.25) is 0 Å². The van der Waals surface area contributed by atoms with Crippen molar-refractivity contribution in [1.29, 1.82) is 0 Å². The highest BCUT2D eigenvalue weighted by atomic mass is 31.2. The smallest absolute Gasteiger partial charge is 0.412 e. The van der Waals surface area contributed by atoms with Crippen LogP contribution in [0.4, 0.5) is 10.5 Å². The molecular weight excluding hydrogens is 323 g/mol. The number of benzene rings is 1. The summed E-state index contributed by atoms with van der Waals surface area (Å²) in [6.07, 6.45) is 1.01. The molecule has 0 saturated heterocycles. The number of nitrogens with zero attached hydrogens (tertiary/aromatic N) is 1. The van der Waals surface area contributed by atoms with Gasteiger partial charge in [0.2, 0.25) is 0 Å². The van der Waals surface area contributed by atoms with E-state index in [9.17, 15) is 23.9 Å². The average Bonchev–Trinajstić information content (AvgIpc) is 2.53. The highest BCUT2D eigenvalue weighted by Gasteiger charge is 2.21. The number of rotatable bonds is 5. The van der Waals surface area contributed by atoms with Crippen LogP contribution < -0.4 is 10.6 Å². The molecule has 0 radical (unpaired) electrons. The third-order valence-electron chi connectivity index (χ3n) is 2.85. The van der Waals surface area contributed by atoms with Crippen LogP contribution in [0.5, 0.6) is 0 Å². The van der Waals surface area contributed by atoms with E-state index in [1.165, 1.54) is 36.5 Å². The first kappa shape index (κ1) is 16.8. The van der Waals surface area contributed by atoms with E-state index in [0.29, 0.717) is 6.29 Å². The van der Waals surface area contributed by atoms with Gasteiger partial charge in [0.1, 0.15) is 12.3 Å². The van der Waals surface area contributed by atoms with Crippen LogP contribution >= 0.6 is 7.60 Å². The molecule has 0 unspecified atom stereocenters. The van der Waals surface area contributed by atoms with Crippen molar-refractivity contribution in [2.45, 2.75) is 6.61 Å². The standard InChI is InChI=1S/C14H13N2O6P/c17-8-12-11(5-3-7-15-12)16-14(18)22-9-10-4-1-2-6-13(10)23(19,20)21/h1-8H,9H2,(H,16,18)(H2,19,20,21). The van der Waals surface area contributed by atoms with Gasteiger partial charge in [-0.2, -0.15) is 0 Å². The second-order valence-electron chi connectivity index (χ2n) is 4.43. The Kier molecular flexibility index (Phi) is 5.23. The molecule has 2 rings (SSSR count). The summed E-state index contributed by atoms with van der Waals surface area (Å²) >= 11 is 0. The van der Waals surface area contributed by atoms with Crippen LogP contribution in [-0.2, 0) is 15.9 Å². The van der Waals surface area contributed by atoms with Gasteiger partial charge in [0.05, 0.1) is 11.0 Å². The van der Waals surface area contributed by atoms with E-state index >= 15 is 0 Å². The van der Waals surface area contributed by atoms with Crippen molar-refractivity contribution in [3.8, 4) is 0 Å². The number of ether oxygens (including phenoxy) is 1. The third kappa shape index (κ3) is 4.46. The quantitative estimate of drug-likeness (QED) is 0.557. The Balaban J connectivity index is 2.06. The van der Waals surface area contributed by atoms with Crippen molar-refractivity contribution >= 4 is 31.0 Å². The van der Waals surface area contributed by atoms with E-state index in [1.54, 1.807) is 6.07 Å². The average molecular weight is 336 g/mol. The molecule has 1 aromatic heterocycles. The summed E-state index contributed by atoms with van der Waals surface area (Å²) in [5, 5.41) is 2.14. The molecular formula is C14H13N2O6P. The molecule has 8 nitrogen and oxygen atoms in total. The highest BCUT2D eigenvalue weighted by molar-refractivity contribution is 7.60. The fourth-order valence-corrected chi connectivity index (χ4v) is 2.62. The Hall–Kier alpha value is -2.54. The van der Waals surface area contributed by atoms with Crippen LogP contribution in [-0.4, -0.2) is 27.2 Å². The molecule has 0 aliphatic carbocycles. The molecule has 0 aliphatic heterocycles. The van der Waals surface area contributed by atoms with Crippen LogP contribution in [0, 0.1) is 0 Å². The van der Waals surface area contributed by atoms with E-state index < -0.39 is 13.7 Å². The van der Waals surface area contributed by atoms with Crippen molar-refractivity contribution in [2.75, 3.05) is 5.32 Å². The molecule has 0 spiro atoms.